The molecule has 2 unspecified atom stereocenters. The van der Waals surface area contributed by atoms with Gasteiger partial charge in [-0.3, -0.25) is 0 Å². The van der Waals surface area contributed by atoms with E-state index in [1.54, 1.807) is 0 Å². The summed E-state index contributed by atoms with van der Waals surface area (Å²) in [4.78, 5) is 2.38. The lowest BCUT2D eigenvalue weighted by atomic mass is 10.0. The molecule has 2 N–H and O–H groups in total. The van der Waals surface area contributed by atoms with Crippen molar-refractivity contribution in [3.63, 3.8) is 0 Å². The first-order valence-electron chi connectivity index (χ1n) is 7.86. The van der Waals surface area contributed by atoms with Crippen LogP contribution in [-0.4, -0.2) is 37.7 Å². The number of hydrogen-bond acceptors (Lipinski definition) is 3. The van der Waals surface area contributed by atoms with Crippen molar-refractivity contribution in [1.29, 1.82) is 0 Å². The van der Waals surface area contributed by atoms with E-state index in [1.165, 1.54) is 24.8 Å². The standard InChI is InChI=1S/C17H28N2O/c1-19(14-16-10-5-6-13-20-16)12-7-11-17(18)15-8-3-2-4-9-15/h2-4,8-9,16-17H,5-7,10-14,18H2,1H3. The van der Waals surface area contributed by atoms with E-state index in [9.17, 15) is 0 Å². The van der Waals surface area contributed by atoms with Gasteiger partial charge in [-0.1, -0.05) is 30.3 Å². The van der Waals surface area contributed by atoms with Gasteiger partial charge in [-0.15, -0.1) is 0 Å². The van der Waals surface area contributed by atoms with Crippen LogP contribution in [0.3, 0.4) is 0 Å². The van der Waals surface area contributed by atoms with Crippen molar-refractivity contribution in [2.24, 2.45) is 5.73 Å². The number of likely N-dealkylation sites (N-methyl/N-ethyl adjacent to an activating group) is 1. The van der Waals surface area contributed by atoms with Crippen LogP contribution in [0.15, 0.2) is 30.3 Å². The zero-order valence-corrected chi connectivity index (χ0v) is 12.6. The van der Waals surface area contributed by atoms with Gasteiger partial charge in [0.2, 0.25) is 0 Å². The molecule has 1 aromatic rings. The Morgan fingerprint density at radius 3 is 2.80 bits per heavy atom. The Morgan fingerprint density at radius 1 is 1.30 bits per heavy atom. The summed E-state index contributed by atoms with van der Waals surface area (Å²) >= 11 is 0. The summed E-state index contributed by atoms with van der Waals surface area (Å²) in [6.07, 6.45) is 6.38. The third-order valence-corrected chi connectivity index (χ3v) is 4.07. The maximum absolute atomic E-state index is 6.22. The molecule has 0 saturated carbocycles. The molecular weight excluding hydrogens is 248 g/mol. The molecule has 2 atom stereocenters. The minimum Gasteiger partial charge on any atom is -0.377 e. The van der Waals surface area contributed by atoms with E-state index in [2.05, 4.69) is 36.2 Å². The molecule has 0 radical (unpaired) electrons. The van der Waals surface area contributed by atoms with Crippen LogP contribution in [0.5, 0.6) is 0 Å². The van der Waals surface area contributed by atoms with Crippen molar-refractivity contribution in [3.05, 3.63) is 35.9 Å². The molecule has 1 heterocycles. The summed E-state index contributed by atoms with van der Waals surface area (Å²) in [5.41, 5.74) is 7.46. The van der Waals surface area contributed by atoms with Gasteiger partial charge in [-0.05, 0) is 51.3 Å². The van der Waals surface area contributed by atoms with Crippen LogP contribution < -0.4 is 5.73 Å². The zero-order chi connectivity index (χ0) is 14.2. The van der Waals surface area contributed by atoms with Crippen LogP contribution in [-0.2, 0) is 4.74 Å². The highest BCUT2D eigenvalue weighted by atomic mass is 16.5. The van der Waals surface area contributed by atoms with Crippen molar-refractivity contribution in [2.75, 3.05) is 26.7 Å². The molecule has 1 aliphatic rings. The average Bonchev–Trinajstić information content (AvgIpc) is 2.49. The number of rotatable bonds is 7. The molecule has 2 rings (SSSR count). The third-order valence-electron chi connectivity index (χ3n) is 4.07. The lowest BCUT2D eigenvalue weighted by Gasteiger charge is -2.27. The molecule has 1 aromatic carbocycles. The van der Waals surface area contributed by atoms with E-state index >= 15 is 0 Å². The highest BCUT2D eigenvalue weighted by Gasteiger charge is 2.15. The smallest absolute Gasteiger partial charge is 0.0701 e. The minimum absolute atomic E-state index is 0.163. The Kier molecular flexibility index (Phi) is 6.51. The monoisotopic (exact) mass is 276 g/mol. The van der Waals surface area contributed by atoms with E-state index in [0.29, 0.717) is 6.10 Å². The quantitative estimate of drug-likeness (QED) is 0.832. The topological polar surface area (TPSA) is 38.5 Å². The Hall–Kier alpha value is -0.900. The molecule has 0 aliphatic carbocycles. The molecule has 20 heavy (non-hydrogen) atoms. The van der Waals surface area contributed by atoms with E-state index in [-0.39, 0.29) is 6.04 Å². The van der Waals surface area contributed by atoms with Gasteiger partial charge >= 0.3 is 0 Å². The fourth-order valence-electron chi connectivity index (χ4n) is 2.84. The first-order chi connectivity index (χ1) is 9.75. The van der Waals surface area contributed by atoms with Gasteiger partial charge in [-0.25, -0.2) is 0 Å². The second kappa shape index (κ2) is 8.40. The van der Waals surface area contributed by atoms with Gasteiger partial charge < -0.3 is 15.4 Å². The fraction of sp³-hybridized carbons (Fsp3) is 0.647. The number of nitrogens with two attached hydrogens (primary N) is 1. The van der Waals surface area contributed by atoms with Crippen molar-refractivity contribution in [2.45, 2.75) is 44.2 Å². The van der Waals surface area contributed by atoms with Gasteiger partial charge in [0.1, 0.15) is 0 Å². The van der Waals surface area contributed by atoms with Crippen molar-refractivity contribution < 1.29 is 4.74 Å². The molecular formula is C17H28N2O. The van der Waals surface area contributed by atoms with Crippen LogP contribution in [0.1, 0.15) is 43.7 Å². The van der Waals surface area contributed by atoms with E-state index in [0.717, 1.165) is 32.5 Å². The van der Waals surface area contributed by atoms with Crippen LogP contribution in [0.25, 0.3) is 0 Å². The maximum Gasteiger partial charge on any atom is 0.0701 e. The lowest BCUT2D eigenvalue weighted by Crippen LogP contribution is -2.34. The lowest BCUT2D eigenvalue weighted by molar-refractivity contribution is -0.00164. The van der Waals surface area contributed by atoms with Gasteiger partial charge in [0.05, 0.1) is 6.10 Å². The van der Waals surface area contributed by atoms with Crippen LogP contribution in [0, 0.1) is 0 Å². The first kappa shape index (κ1) is 15.5. The molecule has 1 aliphatic heterocycles. The molecule has 0 bridgehead atoms. The molecule has 3 heteroatoms. The van der Waals surface area contributed by atoms with E-state index in [4.69, 9.17) is 10.5 Å². The Balaban J connectivity index is 1.62. The van der Waals surface area contributed by atoms with Gasteiger partial charge in [-0.2, -0.15) is 0 Å². The predicted molar refractivity (Wildman–Crippen MR) is 83.7 cm³/mol. The zero-order valence-electron chi connectivity index (χ0n) is 12.6. The molecule has 3 nitrogen and oxygen atoms in total. The third kappa shape index (κ3) is 5.23. The molecule has 1 saturated heterocycles. The van der Waals surface area contributed by atoms with Gasteiger partial charge in [0.15, 0.2) is 0 Å². The van der Waals surface area contributed by atoms with Crippen molar-refractivity contribution in [3.8, 4) is 0 Å². The van der Waals surface area contributed by atoms with E-state index in [1.807, 2.05) is 6.07 Å². The fourth-order valence-corrected chi connectivity index (χ4v) is 2.84. The van der Waals surface area contributed by atoms with Crippen molar-refractivity contribution in [1.82, 2.24) is 4.90 Å². The number of nitrogens with zero attached hydrogens (tertiary/aromatic N) is 1. The van der Waals surface area contributed by atoms with Gasteiger partial charge in [0, 0.05) is 19.2 Å². The van der Waals surface area contributed by atoms with Crippen LogP contribution in [0.2, 0.25) is 0 Å². The molecule has 112 valence electrons. The molecule has 0 spiro atoms. The summed E-state index contributed by atoms with van der Waals surface area (Å²) in [5.74, 6) is 0. The number of hydrogen-bond donors (Lipinski definition) is 1. The predicted octanol–water partition coefficient (Wildman–Crippen LogP) is 2.97. The summed E-state index contributed by atoms with van der Waals surface area (Å²) in [6.45, 7) is 3.10. The van der Waals surface area contributed by atoms with Crippen LogP contribution >= 0.6 is 0 Å². The minimum atomic E-state index is 0.163. The second-order valence-corrected chi connectivity index (χ2v) is 5.91. The number of benzene rings is 1. The maximum atomic E-state index is 6.22. The largest absolute Gasteiger partial charge is 0.377 e. The molecule has 0 aromatic heterocycles. The Morgan fingerprint density at radius 2 is 2.10 bits per heavy atom. The first-order valence-corrected chi connectivity index (χ1v) is 7.86. The Labute approximate surface area is 123 Å². The van der Waals surface area contributed by atoms with Crippen LogP contribution in [0.4, 0.5) is 0 Å². The highest BCUT2D eigenvalue weighted by molar-refractivity contribution is 5.18. The summed E-state index contributed by atoms with van der Waals surface area (Å²) in [7, 11) is 2.19. The Bertz CT molecular complexity index is 363. The van der Waals surface area contributed by atoms with Crippen molar-refractivity contribution >= 4 is 0 Å². The molecule has 1 fully saturated rings. The summed E-state index contributed by atoms with van der Waals surface area (Å²) < 4.78 is 5.78. The normalized spacial score (nSPS) is 21.1. The molecule has 0 amide bonds. The SMILES string of the molecule is CN(CCCC(N)c1ccccc1)CC1CCCCO1. The highest BCUT2D eigenvalue weighted by Crippen LogP contribution is 2.16. The number of ether oxygens (including phenoxy) is 1. The summed E-state index contributed by atoms with van der Waals surface area (Å²) in [6, 6.07) is 10.5. The second-order valence-electron chi connectivity index (χ2n) is 5.91. The summed E-state index contributed by atoms with van der Waals surface area (Å²) in [5, 5.41) is 0. The van der Waals surface area contributed by atoms with E-state index < -0.39 is 0 Å². The average molecular weight is 276 g/mol. The van der Waals surface area contributed by atoms with Gasteiger partial charge in [0.25, 0.3) is 0 Å².